The lowest BCUT2D eigenvalue weighted by Gasteiger charge is -2.40. The number of hydrogen-bond acceptors (Lipinski definition) is 6. The van der Waals surface area contributed by atoms with Crippen LogP contribution in [0.15, 0.2) is 24.5 Å². The average molecular weight is 464 g/mol. The Bertz CT molecular complexity index is 1050. The van der Waals surface area contributed by atoms with Crippen molar-refractivity contribution < 1.29 is 22.8 Å². The van der Waals surface area contributed by atoms with E-state index in [2.05, 4.69) is 20.6 Å². The highest BCUT2D eigenvalue weighted by molar-refractivity contribution is 5.93. The van der Waals surface area contributed by atoms with Crippen molar-refractivity contribution in [2.24, 2.45) is 5.73 Å². The van der Waals surface area contributed by atoms with Gasteiger partial charge in [-0.15, -0.1) is 0 Å². The van der Waals surface area contributed by atoms with Crippen LogP contribution >= 0.6 is 0 Å². The zero-order valence-electron chi connectivity index (χ0n) is 18.2. The Morgan fingerprint density at radius 1 is 1.24 bits per heavy atom. The van der Waals surface area contributed by atoms with Gasteiger partial charge >= 0.3 is 6.18 Å². The van der Waals surface area contributed by atoms with Crippen molar-refractivity contribution in [2.75, 3.05) is 11.9 Å². The number of nitrogens with one attached hydrogen (secondary N) is 2. The highest BCUT2D eigenvalue weighted by Gasteiger charge is 2.42. The Kier molecular flexibility index (Phi) is 6.42. The molecule has 1 aliphatic heterocycles. The number of hydrogen-bond donors (Lipinski definition) is 3. The number of benzene rings is 1. The molecule has 0 radical (unpaired) electrons. The molecule has 178 valence electrons. The lowest BCUT2D eigenvalue weighted by atomic mass is 9.86. The monoisotopic (exact) mass is 464 g/mol. The van der Waals surface area contributed by atoms with Gasteiger partial charge in [-0.2, -0.15) is 13.2 Å². The molecule has 2 heterocycles. The molecule has 4 unspecified atom stereocenters. The Balaban J connectivity index is 1.54. The largest absolute Gasteiger partial charge is 0.416 e. The third-order valence-electron chi connectivity index (χ3n) is 6.44. The molecule has 2 aromatic rings. The summed E-state index contributed by atoms with van der Waals surface area (Å²) in [5.74, 6) is -0.0638. The topological polar surface area (TPSA) is 113 Å². The average Bonchev–Trinajstić information content (AvgIpc) is 3.13. The number of fused-ring (bicyclic) bond motifs is 1. The van der Waals surface area contributed by atoms with Crippen molar-refractivity contribution in [3.8, 4) is 0 Å². The highest BCUT2D eigenvalue weighted by atomic mass is 19.4. The normalized spacial score (nSPS) is 26.0. The summed E-state index contributed by atoms with van der Waals surface area (Å²) in [5.41, 5.74) is 5.65. The van der Waals surface area contributed by atoms with E-state index in [0.29, 0.717) is 37.7 Å². The number of amides is 2. The first-order valence-electron chi connectivity index (χ1n) is 11.1. The molecule has 0 bridgehead atoms. The molecule has 1 aliphatic carbocycles. The Morgan fingerprint density at radius 3 is 2.76 bits per heavy atom. The van der Waals surface area contributed by atoms with Gasteiger partial charge in [0, 0.05) is 24.4 Å². The maximum absolute atomic E-state index is 13.2. The first kappa shape index (κ1) is 23.2. The molecule has 4 N–H and O–H groups in total. The molecule has 11 heteroatoms. The minimum atomic E-state index is -4.50. The van der Waals surface area contributed by atoms with Crippen molar-refractivity contribution in [3.05, 3.63) is 30.1 Å². The van der Waals surface area contributed by atoms with Gasteiger partial charge in [-0.1, -0.05) is 6.92 Å². The van der Waals surface area contributed by atoms with Crippen LogP contribution in [0.25, 0.3) is 10.9 Å². The van der Waals surface area contributed by atoms with Crippen LogP contribution in [0.4, 0.5) is 19.0 Å². The van der Waals surface area contributed by atoms with Gasteiger partial charge in [0.1, 0.15) is 18.2 Å². The van der Waals surface area contributed by atoms with Gasteiger partial charge in [0.15, 0.2) is 0 Å². The second-order valence-electron chi connectivity index (χ2n) is 8.64. The van der Waals surface area contributed by atoms with Gasteiger partial charge in [0.25, 0.3) is 0 Å². The summed E-state index contributed by atoms with van der Waals surface area (Å²) in [6.07, 6.45) is -0.400. The van der Waals surface area contributed by atoms with Gasteiger partial charge in [0.2, 0.25) is 11.8 Å². The first-order valence-corrected chi connectivity index (χ1v) is 11.1. The number of anilines is 1. The number of carbonyl (C=O) groups excluding carboxylic acids is 2. The van der Waals surface area contributed by atoms with E-state index in [0.717, 1.165) is 18.6 Å². The molecule has 1 aromatic heterocycles. The predicted octanol–water partition coefficient (Wildman–Crippen LogP) is 2.44. The van der Waals surface area contributed by atoms with Crippen LogP contribution in [0.3, 0.4) is 0 Å². The molecule has 1 saturated heterocycles. The predicted molar refractivity (Wildman–Crippen MR) is 116 cm³/mol. The lowest BCUT2D eigenvalue weighted by Crippen LogP contribution is -2.57. The van der Waals surface area contributed by atoms with Gasteiger partial charge in [-0.3, -0.25) is 9.59 Å². The van der Waals surface area contributed by atoms with Crippen LogP contribution in [0.2, 0.25) is 0 Å². The zero-order valence-corrected chi connectivity index (χ0v) is 18.2. The van der Waals surface area contributed by atoms with Gasteiger partial charge < -0.3 is 21.3 Å². The third-order valence-corrected chi connectivity index (χ3v) is 6.44. The second-order valence-corrected chi connectivity index (χ2v) is 8.64. The first-order chi connectivity index (χ1) is 15.7. The maximum atomic E-state index is 13.2. The lowest BCUT2D eigenvalue weighted by molar-refractivity contribution is -0.137. The molecule has 8 nitrogen and oxygen atoms in total. The number of carbonyl (C=O) groups is 2. The van der Waals surface area contributed by atoms with Gasteiger partial charge in [0.05, 0.1) is 23.2 Å². The number of rotatable bonds is 5. The molecule has 1 saturated carbocycles. The summed E-state index contributed by atoms with van der Waals surface area (Å²) < 4.78 is 39.6. The molecule has 33 heavy (non-hydrogen) atoms. The van der Waals surface area contributed by atoms with Crippen LogP contribution in [0.1, 0.15) is 44.6 Å². The molecule has 1 aromatic carbocycles. The zero-order chi connectivity index (χ0) is 23.8. The molecule has 0 spiro atoms. The Labute approximate surface area is 189 Å². The standard InChI is InChI=1S/C22H27F3N6O2/c1-2-19(32)29-17-10-13(26)4-6-18(17)31-8-7-16(21(31)33)30-20-14-9-12(22(23,24)25)3-5-15(14)27-11-28-20/h3,5,9,11,13,16-18H,2,4,6-8,10,26H2,1H3,(H,29,32)(H,27,28,30). The van der Waals surface area contributed by atoms with Crippen LogP contribution in [-0.2, 0) is 15.8 Å². The molecular weight excluding hydrogens is 437 g/mol. The number of halogens is 3. The quantitative estimate of drug-likeness (QED) is 0.627. The van der Waals surface area contributed by atoms with Crippen molar-refractivity contribution in [1.82, 2.24) is 20.2 Å². The van der Waals surface area contributed by atoms with Crippen LogP contribution in [-0.4, -0.2) is 57.4 Å². The smallest absolute Gasteiger partial charge is 0.358 e. The molecule has 4 atom stereocenters. The summed E-state index contributed by atoms with van der Waals surface area (Å²) in [6.45, 7) is 2.25. The van der Waals surface area contributed by atoms with Crippen LogP contribution in [0, 0.1) is 0 Å². The van der Waals surface area contributed by atoms with Crippen molar-refractivity contribution in [1.29, 1.82) is 0 Å². The maximum Gasteiger partial charge on any atom is 0.416 e. The fourth-order valence-electron chi connectivity index (χ4n) is 4.70. The molecule has 2 amide bonds. The number of nitrogens with zero attached hydrogens (tertiary/aromatic N) is 3. The van der Waals surface area contributed by atoms with E-state index < -0.39 is 17.8 Å². The van der Waals surface area contributed by atoms with Crippen LogP contribution in [0.5, 0.6) is 0 Å². The SMILES string of the molecule is CCC(=O)NC1CC(N)CCC1N1CCC(Nc2ncnc3ccc(C(F)(F)F)cc23)C1=O. The molecular formula is C22H27F3N6O2. The number of nitrogens with two attached hydrogens (primary N) is 1. The minimum Gasteiger partial charge on any atom is -0.358 e. The van der Waals surface area contributed by atoms with Crippen molar-refractivity contribution >= 4 is 28.5 Å². The van der Waals surface area contributed by atoms with Gasteiger partial charge in [-0.25, -0.2) is 9.97 Å². The van der Waals surface area contributed by atoms with E-state index >= 15 is 0 Å². The van der Waals surface area contributed by atoms with Crippen molar-refractivity contribution in [3.63, 3.8) is 0 Å². The number of aromatic nitrogens is 2. The van der Waals surface area contributed by atoms with E-state index in [-0.39, 0.29) is 41.1 Å². The highest BCUT2D eigenvalue weighted by Crippen LogP contribution is 2.33. The van der Waals surface area contributed by atoms with Crippen molar-refractivity contribution in [2.45, 2.75) is 69.4 Å². The summed E-state index contributed by atoms with van der Waals surface area (Å²) in [7, 11) is 0. The molecule has 2 aliphatic rings. The second kappa shape index (κ2) is 9.12. The van der Waals surface area contributed by atoms with E-state index in [9.17, 15) is 22.8 Å². The van der Waals surface area contributed by atoms with E-state index in [4.69, 9.17) is 5.73 Å². The summed E-state index contributed by atoms with van der Waals surface area (Å²) in [6, 6.07) is 2.20. The number of likely N-dealkylation sites (tertiary alicyclic amines) is 1. The van der Waals surface area contributed by atoms with E-state index in [1.54, 1.807) is 11.8 Å². The Morgan fingerprint density at radius 2 is 2.03 bits per heavy atom. The molecule has 4 rings (SSSR count). The third kappa shape index (κ3) is 4.87. The van der Waals surface area contributed by atoms with E-state index in [1.165, 1.54) is 12.4 Å². The fourth-order valence-corrected chi connectivity index (χ4v) is 4.70. The summed E-state index contributed by atoms with van der Waals surface area (Å²) in [5, 5.41) is 6.23. The molecule has 2 fully saturated rings. The van der Waals surface area contributed by atoms with Gasteiger partial charge in [-0.05, 0) is 43.9 Å². The number of alkyl halides is 3. The Hall–Kier alpha value is -2.95. The summed E-state index contributed by atoms with van der Waals surface area (Å²) in [4.78, 5) is 35.1. The van der Waals surface area contributed by atoms with Crippen LogP contribution < -0.4 is 16.4 Å². The van der Waals surface area contributed by atoms with E-state index in [1.807, 2.05) is 0 Å². The minimum absolute atomic E-state index is 0.0368. The summed E-state index contributed by atoms with van der Waals surface area (Å²) >= 11 is 0. The fraction of sp³-hybridized carbons (Fsp3) is 0.545.